The first-order valence-electron chi connectivity index (χ1n) is 6.53. The average molecular weight is 279 g/mol. The maximum absolute atomic E-state index is 11.6. The molecule has 1 aliphatic rings. The van der Waals surface area contributed by atoms with Crippen molar-refractivity contribution < 1.29 is 4.79 Å². The number of nitrogens with zero attached hydrogens (tertiary/aromatic N) is 1. The van der Waals surface area contributed by atoms with Crippen molar-refractivity contribution in [3.8, 4) is 0 Å². The van der Waals surface area contributed by atoms with Gasteiger partial charge >= 0.3 is 0 Å². The Hall–Kier alpha value is -1.36. The molecule has 1 aromatic carbocycles. The van der Waals surface area contributed by atoms with Crippen LogP contribution in [0.25, 0.3) is 0 Å². The fraction of sp³-hybridized carbons (Fsp3) is 0.500. The molecule has 0 radical (unpaired) electrons. The molecule has 1 aliphatic heterocycles. The van der Waals surface area contributed by atoms with Gasteiger partial charge in [0.15, 0.2) is 0 Å². The second kappa shape index (κ2) is 5.74. The Morgan fingerprint density at radius 2 is 2.00 bits per heavy atom. The number of carbonyl (C=O) groups is 1. The van der Waals surface area contributed by atoms with E-state index >= 15 is 0 Å². The fourth-order valence-corrected chi connectivity index (χ4v) is 3.83. The lowest BCUT2D eigenvalue weighted by Gasteiger charge is -2.36. The molecule has 0 aliphatic carbocycles. The van der Waals surface area contributed by atoms with E-state index in [-0.39, 0.29) is 5.91 Å². The molecule has 2 atom stereocenters. The van der Waals surface area contributed by atoms with Crippen LogP contribution in [0, 0.1) is 0 Å². The van der Waals surface area contributed by atoms with Gasteiger partial charge < -0.3 is 16.0 Å². The Bertz CT molecular complexity index is 468. The maximum Gasteiger partial charge on any atom is 0.251 e. The van der Waals surface area contributed by atoms with Gasteiger partial charge in [-0.1, -0.05) is 13.8 Å². The highest BCUT2D eigenvalue weighted by Crippen LogP contribution is 2.32. The topological polar surface area (TPSA) is 58.4 Å². The number of thioether (sulfide) groups is 1. The summed E-state index contributed by atoms with van der Waals surface area (Å²) in [6.07, 6.45) is 0. The number of anilines is 2. The Balaban J connectivity index is 2.23. The zero-order valence-electron chi connectivity index (χ0n) is 11.6. The lowest BCUT2D eigenvalue weighted by Crippen LogP contribution is -2.40. The number of nitrogen functional groups attached to an aromatic ring is 1. The van der Waals surface area contributed by atoms with Crippen molar-refractivity contribution in [2.45, 2.75) is 24.3 Å². The Morgan fingerprint density at radius 3 is 2.53 bits per heavy atom. The third-order valence-corrected chi connectivity index (χ3v) is 4.50. The van der Waals surface area contributed by atoms with Gasteiger partial charge in [0, 0.05) is 36.2 Å². The van der Waals surface area contributed by atoms with E-state index in [1.807, 2.05) is 23.9 Å². The van der Waals surface area contributed by atoms with Gasteiger partial charge in [0.05, 0.1) is 11.4 Å². The highest BCUT2D eigenvalue weighted by atomic mass is 32.2. The molecule has 5 heteroatoms. The van der Waals surface area contributed by atoms with Crippen LogP contribution in [0.3, 0.4) is 0 Å². The first-order valence-corrected chi connectivity index (χ1v) is 7.47. The highest BCUT2D eigenvalue weighted by molar-refractivity contribution is 8.00. The lowest BCUT2D eigenvalue weighted by atomic mass is 10.1. The largest absolute Gasteiger partial charge is 0.397 e. The van der Waals surface area contributed by atoms with Crippen LogP contribution in [0.5, 0.6) is 0 Å². The van der Waals surface area contributed by atoms with E-state index in [1.165, 1.54) is 0 Å². The smallest absolute Gasteiger partial charge is 0.251 e. The summed E-state index contributed by atoms with van der Waals surface area (Å²) in [4.78, 5) is 13.9. The minimum absolute atomic E-state index is 0.103. The molecule has 0 aromatic heterocycles. The number of nitrogens with two attached hydrogens (primary N) is 1. The number of benzene rings is 1. The quantitative estimate of drug-likeness (QED) is 0.813. The predicted molar refractivity (Wildman–Crippen MR) is 83.0 cm³/mol. The summed E-state index contributed by atoms with van der Waals surface area (Å²) in [7, 11) is 1.62. The summed E-state index contributed by atoms with van der Waals surface area (Å²) in [6, 6.07) is 5.54. The predicted octanol–water partition coefficient (Wildman–Crippen LogP) is 1.96. The van der Waals surface area contributed by atoms with Gasteiger partial charge in [-0.3, -0.25) is 4.79 Å². The number of amides is 1. The van der Waals surface area contributed by atoms with E-state index in [0.29, 0.717) is 21.8 Å². The maximum atomic E-state index is 11.6. The second-order valence-electron chi connectivity index (χ2n) is 5.02. The van der Waals surface area contributed by atoms with Crippen LogP contribution >= 0.6 is 11.8 Å². The summed E-state index contributed by atoms with van der Waals surface area (Å²) in [6.45, 7) is 6.47. The zero-order chi connectivity index (χ0) is 14.0. The van der Waals surface area contributed by atoms with Gasteiger partial charge in [-0.2, -0.15) is 11.8 Å². The normalized spacial score (nSPS) is 23.2. The monoisotopic (exact) mass is 279 g/mol. The molecule has 3 N–H and O–H groups in total. The molecule has 1 amide bonds. The van der Waals surface area contributed by atoms with Crippen molar-refractivity contribution in [3.63, 3.8) is 0 Å². The zero-order valence-corrected chi connectivity index (χ0v) is 12.5. The molecule has 0 bridgehead atoms. The van der Waals surface area contributed by atoms with Crippen LogP contribution in [-0.2, 0) is 0 Å². The van der Waals surface area contributed by atoms with Crippen LogP contribution < -0.4 is 16.0 Å². The van der Waals surface area contributed by atoms with Crippen LogP contribution in [0.2, 0.25) is 0 Å². The Morgan fingerprint density at radius 1 is 1.37 bits per heavy atom. The van der Waals surface area contributed by atoms with Crippen molar-refractivity contribution in [2.75, 3.05) is 30.8 Å². The Labute approximate surface area is 118 Å². The van der Waals surface area contributed by atoms with Crippen molar-refractivity contribution in [2.24, 2.45) is 0 Å². The molecule has 104 valence electrons. The van der Waals surface area contributed by atoms with E-state index in [2.05, 4.69) is 24.1 Å². The van der Waals surface area contributed by atoms with Gasteiger partial charge in [-0.25, -0.2) is 0 Å². The molecule has 19 heavy (non-hydrogen) atoms. The molecule has 1 aromatic rings. The molecule has 1 fully saturated rings. The van der Waals surface area contributed by atoms with Crippen molar-refractivity contribution in [1.29, 1.82) is 0 Å². The van der Waals surface area contributed by atoms with Gasteiger partial charge in [-0.15, -0.1) is 0 Å². The number of rotatable bonds is 2. The minimum Gasteiger partial charge on any atom is -0.397 e. The first kappa shape index (κ1) is 14.1. The molecule has 0 saturated carbocycles. The number of hydrogen-bond donors (Lipinski definition) is 2. The average Bonchev–Trinajstić information content (AvgIpc) is 2.36. The lowest BCUT2D eigenvalue weighted by molar-refractivity contribution is 0.0963. The second-order valence-corrected chi connectivity index (χ2v) is 6.90. The fourth-order valence-electron chi connectivity index (χ4n) is 2.50. The van der Waals surface area contributed by atoms with Crippen molar-refractivity contribution in [1.82, 2.24) is 5.32 Å². The molecule has 2 unspecified atom stereocenters. The number of carbonyl (C=O) groups excluding carboxylic acids is 1. The first-order chi connectivity index (χ1) is 9.01. The molecule has 1 heterocycles. The van der Waals surface area contributed by atoms with E-state index < -0.39 is 0 Å². The third-order valence-electron chi connectivity index (χ3n) is 3.28. The Kier molecular flexibility index (Phi) is 4.24. The van der Waals surface area contributed by atoms with Crippen LogP contribution in [0.4, 0.5) is 11.4 Å². The summed E-state index contributed by atoms with van der Waals surface area (Å²) in [5.74, 6) is -0.103. The summed E-state index contributed by atoms with van der Waals surface area (Å²) < 4.78 is 0. The van der Waals surface area contributed by atoms with Crippen LogP contribution in [-0.4, -0.2) is 36.5 Å². The SMILES string of the molecule is CNC(=O)c1ccc(N2CC(C)SC(C)C2)c(N)c1. The van der Waals surface area contributed by atoms with E-state index in [9.17, 15) is 4.79 Å². The molecular formula is C14H21N3OS. The van der Waals surface area contributed by atoms with Crippen LogP contribution in [0.1, 0.15) is 24.2 Å². The van der Waals surface area contributed by atoms with Gasteiger partial charge in [0.2, 0.25) is 0 Å². The van der Waals surface area contributed by atoms with Crippen molar-refractivity contribution in [3.05, 3.63) is 23.8 Å². The van der Waals surface area contributed by atoms with Gasteiger partial charge in [0.1, 0.15) is 0 Å². The molecule has 4 nitrogen and oxygen atoms in total. The molecule has 2 rings (SSSR count). The number of hydrogen-bond acceptors (Lipinski definition) is 4. The van der Waals surface area contributed by atoms with E-state index in [1.54, 1.807) is 13.1 Å². The standard InChI is InChI=1S/C14H21N3OS/c1-9-7-17(8-10(2)19-9)13-5-4-11(6-12(13)15)14(18)16-3/h4-6,9-10H,7-8,15H2,1-3H3,(H,16,18). The highest BCUT2D eigenvalue weighted by Gasteiger charge is 2.23. The minimum atomic E-state index is -0.103. The molecule has 1 saturated heterocycles. The number of nitrogens with one attached hydrogen (secondary N) is 1. The van der Waals surface area contributed by atoms with Gasteiger partial charge in [0.25, 0.3) is 5.91 Å². The van der Waals surface area contributed by atoms with E-state index in [4.69, 9.17) is 5.73 Å². The summed E-state index contributed by atoms with van der Waals surface area (Å²) >= 11 is 2.01. The molecule has 0 spiro atoms. The van der Waals surface area contributed by atoms with Crippen LogP contribution in [0.15, 0.2) is 18.2 Å². The molecular weight excluding hydrogens is 258 g/mol. The van der Waals surface area contributed by atoms with Gasteiger partial charge in [-0.05, 0) is 18.2 Å². The van der Waals surface area contributed by atoms with E-state index in [0.717, 1.165) is 18.8 Å². The summed E-state index contributed by atoms with van der Waals surface area (Å²) in [5, 5.41) is 3.81. The van der Waals surface area contributed by atoms with Crippen molar-refractivity contribution >= 4 is 29.0 Å². The summed E-state index contributed by atoms with van der Waals surface area (Å²) in [5.41, 5.74) is 8.42. The third kappa shape index (κ3) is 3.15.